The molecule has 0 saturated heterocycles. The lowest BCUT2D eigenvalue weighted by molar-refractivity contribution is -0.122. The molecule has 0 saturated carbocycles. The molecule has 0 aliphatic heterocycles. The molecule has 0 aliphatic carbocycles. The lowest BCUT2D eigenvalue weighted by atomic mass is 9.97. The minimum absolute atomic E-state index is 0.105. The quantitative estimate of drug-likeness (QED) is 0.418. The molecular formula is C21H15F3O3. The van der Waals surface area contributed by atoms with Gasteiger partial charge in [0, 0.05) is 27.5 Å². The molecule has 4 aromatic rings. The highest BCUT2D eigenvalue weighted by Crippen LogP contribution is 2.41. The van der Waals surface area contributed by atoms with Gasteiger partial charge in [-0.3, -0.25) is 4.79 Å². The molecule has 1 aromatic heterocycles. The predicted octanol–water partition coefficient (Wildman–Crippen LogP) is 6.34. The molecule has 0 radical (unpaired) electrons. The molecule has 4 rings (SSSR count). The van der Waals surface area contributed by atoms with Gasteiger partial charge >= 0.3 is 0 Å². The number of halogens is 3. The molecule has 27 heavy (non-hydrogen) atoms. The fourth-order valence-corrected chi connectivity index (χ4v) is 3.09. The summed E-state index contributed by atoms with van der Waals surface area (Å²) < 4.78 is 47.1. The van der Waals surface area contributed by atoms with E-state index in [-0.39, 0.29) is 17.6 Å². The average Bonchev–Trinajstić information content (AvgIpc) is 3.01. The second-order valence-electron chi connectivity index (χ2n) is 5.89. The predicted molar refractivity (Wildman–Crippen MR) is 97.5 cm³/mol. The molecule has 0 unspecified atom stereocenters. The van der Waals surface area contributed by atoms with Crippen molar-refractivity contribution in [3.05, 3.63) is 71.5 Å². The van der Waals surface area contributed by atoms with E-state index in [0.29, 0.717) is 27.5 Å². The Hall–Kier alpha value is -3.28. The fraction of sp³-hybridized carbons (Fsp3) is 0.0952. The summed E-state index contributed by atoms with van der Waals surface area (Å²) in [5.41, 5.74) is 2.30. The van der Waals surface area contributed by atoms with Crippen molar-refractivity contribution in [2.45, 2.75) is 13.3 Å². The Morgan fingerprint density at radius 3 is 2.37 bits per heavy atom. The Morgan fingerprint density at radius 2 is 1.70 bits per heavy atom. The first-order valence-electron chi connectivity index (χ1n) is 8.04. The third kappa shape index (κ3) is 3.38. The standard InChI is InChI=1S/C20H13F3O.CH2O2/c1-11-6-7-12(16(21)10-11)13-8-9-15(20(22)23)18-14-4-2-3-5-17(14)24-19(13)18;2-1-3/h2-10,20H,1H3;1H,(H,2,3). The monoisotopic (exact) mass is 372 g/mol. The van der Waals surface area contributed by atoms with Crippen molar-refractivity contribution in [2.24, 2.45) is 0 Å². The number of carboxylic acid groups (broad SMARTS) is 1. The van der Waals surface area contributed by atoms with Gasteiger partial charge in [0.2, 0.25) is 0 Å². The van der Waals surface area contributed by atoms with E-state index in [2.05, 4.69) is 0 Å². The van der Waals surface area contributed by atoms with E-state index >= 15 is 0 Å². The molecule has 0 fully saturated rings. The van der Waals surface area contributed by atoms with Crippen molar-refractivity contribution in [1.82, 2.24) is 0 Å². The van der Waals surface area contributed by atoms with E-state index in [4.69, 9.17) is 14.3 Å². The molecule has 3 nitrogen and oxygen atoms in total. The molecule has 3 aromatic carbocycles. The zero-order valence-electron chi connectivity index (χ0n) is 14.2. The molecular weight excluding hydrogens is 357 g/mol. The maximum atomic E-state index is 14.4. The van der Waals surface area contributed by atoms with Crippen LogP contribution >= 0.6 is 0 Å². The average molecular weight is 372 g/mol. The summed E-state index contributed by atoms with van der Waals surface area (Å²) in [7, 11) is 0. The first-order chi connectivity index (χ1) is 13.0. The SMILES string of the molecule is Cc1ccc(-c2ccc(C(F)F)c3c2oc2ccccc23)c(F)c1.O=CO. The lowest BCUT2D eigenvalue weighted by Gasteiger charge is -2.08. The van der Waals surface area contributed by atoms with Crippen LogP contribution in [0.15, 0.2) is 59.0 Å². The highest BCUT2D eigenvalue weighted by Gasteiger charge is 2.21. The van der Waals surface area contributed by atoms with Gasteiger partial charge in [0.1, 0.15) is 17.0 Å². The molecule has 6 heteroatoms. The summed E-state index contributed by atoms with van der Waals surface area (Å²) >= 11 is 0. The number of rotatable bonds is 2. The van der Waals surface area contributed by atoms with Gasteiger partial charge in [0.25, 0.3) is 12.9 Å². The van der Waals surface area contributed by atoms with Crippen LogP contribution in [0.5, 0.6) is 0 Å². The first-order valence-corrected chi connectivity index (χ1v) is 8.04. The third-order valence-corrected chi connectivity index (χ3v) is 4.21. The maximum absolute atomic E-state index is 14.4. The summed E-state index contributed by atoms with van der Waals surface area (Å²) in [5, 5.41) is 7.84. The Bertz CT molecular complexity index is 1120. The Balaban J connectivity index is 0.000000659. The first kappa shape index (κ1) is 18.5. The molecule has 0 aliphatic rings. The smallest absolute Gasteiger partial charge is 0.290 e. The van der Waals surface area contributed by atoms with Crippen LogP contribution in [0.3, 0.4) is 0 Å². The number of hydrogen-bond acceptors (Lipinski definition) is 2. The number of para-hydroxylation sites is 1. The molecule has 138 valence electrons. The molecule has 0 bridgehead atoms. The van der Waals surface area contributed by atoms with E-state index in [0.717, 1.165) is 5.56 Å². The zero-order chi connectivity index (χ0) is 19.6. The van der Waals surface area contributed by atoms with Crippen LogP contribution in [0.25, 0.3) is 33.1 Å². The van der Waals surface area contributed by atoms with E-state index in [1.807, 2.05) is 0 Å². The number of carbonyl (C=O) groups is 1. The van der Waals surface area contributed by atoms with Gasteiger partial charge in [-0.05, 0) is 30.7 Å². The van der Waals surface area contributed by atoms with E-state index in [1.54, 1.807) is 43.3 Å². The van der Waals surface area contributed by atoms with Crippen molar-refractivity contribution in [1.29, 1.82) is 0 Å². The topological polar surface area (TPSA) is 50.4 Å². The molecule has 0 spiro atoms. The van der Waals surface area contributed by atoms with Crippen LogP contribution < -0.4 is 0 Å². The molecule has 1 N–H and O–H groups in total. The van der Waals surface area contributed by atoms with Gasteiger partial charge in [0.15, 0.2) is 0 Å². The van der Waals surface area contributed by atoms with Crippen LogP contribution in [0.4, 0.5) is 13.2 Å². The van der Waals surface area contributed by atoms with E-state index in [9.17, 15) is 13.2 Å². The fourth-order valence-electron chi connectivity index (χ4n) is 3.09. The van der Waals surface area contributed by atoms with Crippen molar-refractivity contribution in [3.8, 4) is 11.1 Å². The number of furan rings is 1. The van der Waals surface area contributed by atoms with Gasteiger partial charge < -0.3 is 9.52 Å². The molecule has 0 amide bonds. The van der Waals surface area contributed by atoms with Crippen LogP contribution in [0, 0.1) is 12.7 Å². The maximum Gasteiger partial charge on any atom is 0.290 e. The number of hydrogen-bond donors (Lipinski definition) is 1. The third-order valence-electron chi connectivity index (χ3n) is 4.21. The van der Waals surface area contributed by atoms with E-state index in [1.165, 1.54) is 18.2 Å². The van der Waals surface area contributed by atoms with Crippen molar-refractivity contribution >= 4 is 28.4 Å². The summed E-state index contributed by atoms with van der Waals surface area (Å²) in [4.78, 5) is 8.36. The Kier molecular flexibility index (Phi) is 5.16. The number of benzene rings is 3. The zero-order valence-corrected chi connectivity index (χ0v) is 14.2. The van der Waals surface area contributed by atoms with Gasteiger partial charge in [-0.1, -0.05) is 36.4 Å². The molecule has 1 heterocycles. The number of fused-ring (bicyclic) bond motifs is 3. The highest BCUT2D eigenvalue weighted by molar-refractivity contribution is 6.11. The minimum Gasteiger partial charge on any atom is -0.483 e. The minimum atomic E-state index is -2.63. The van der Waals surface area contributed by atoms with Crippen LogP contribution in [0.1, 0.15) is 17.6 Å². The molecule has 0 atom stereocenters. The summed E-state index contributed by atoms with van der Waals surface area (Å²) in [5.74, 6) is -0.401. The summed E-state index contributed by atoms with van der Waals surface area (Å²) in [6.07, 6.45) is -2.63. The highest BCUT2D eigenvalue weighted by atomic mass is 19.3. The second kappa shape index (κ2) is 7.53. The van der Waals surface area contributed by atoms with E-state index < -0.39 is 12.2 Å². The van der Waals surface area contributed by atoms with Gasteiger partial charge in [-0.25, -0.2) is 13.2 Å². The van der Waals surface area contributed by atoms with Crippen LogP contribution in [-0.2, 0) is 4.79 Å². The second-order valence-corrected chi connectivity index (χ2v) is 5.89. The number of alkyl halides is 2. The van der Waals surface area contributed by atoms with Crippen molar-refractivity contribution in [2.75, 3.05) is 0 Å². The van der Waals surface area contributed by atoms with Crippen molar-refractivity contribution < 1.29 is 27.5 Å². The summed E-state index contributed by atoms with van der Waals surface area (Å²) in [6.45, 7) is 1.55. The Morgan fingerprint density at radius 1 is 1.04 bits per heavy atom. The van der Waals surface area contributed by atoms with Gasteiger partial charge in [0.05, 0.1) is 0 Å². The lowest BCUT2D eigenvalue weighted by Crippen LogP contribution is -1.90. The van der Waals surface area contributed by atoms with Crippen molar-refractivity contribution in [3.63, 3.8) is 0 Å². The van der Waals surface area contributed by atoms with Gasteiger partial charge in [-0.15, -0.1) is 0 Å². The van der Waals surface area contributed by atoms with Crippen LogP contribution in [-0.4, -0.2) is 11.6 Å². The largest absolute Gasteiger partial charge is 0.483 e. The number of aryl methyl sites for hydroxylation is 1. The summed E-state index contributed by atoms with van der Waals surface area (Å²) in [6, 6.07) is 14.7. The Labute approximate surface area is 152 Å². The van der Waals surface area contributed by atoms with Gasteiger partial charge in [-0.2, -0.15) is 0 Å². The van der Waals surface area contributed by atoms with Crippen LogP contribution in [0.2, 0.25) is 0 Å². The normalized spacial score (nSPS) is 10.9.